The van der Waals surface area contributed by atoms with Gasteiger partial charge in [0.25, 0.3) is 11.5 Å². The highest BCUT2D eigenvalue weighted by molar-refractivity contribution is 5.88. The zero-order chi connectivity index (χ0) is 23.0. The highest BCUT2D eigenvalue weighted by Gasteiger charge is 2.50. The van der Waals surface area contributed by atoms with Crippen molar-refractivity contribution in [3.05, 3.63) is 88.1 Å². The van der Waals surface area contributed by atoms with E-state index in [1.807, 2.05) is 55.5 Å². The first-order chi connectivity index (χ1) is 16.1. The van der Waals surface area contributed by atoms with Crippen LogP contribution in [-0.2, 0) is 6.42 Å². The summed E-state index contributed by atoms with van der Waals surface area (Å²) < 4.78 is 2.87. The molecule has 33 heavy (non-hydrogen) atoms. The minimum Gasteiger partial charge on any atom is -0.395 e. The Morgan fingerprint density at radius 3 is 2.61 bits per heavy atom. The van der Waals surface area contributed by atoms with Crippen molar-refractivity contribution in [2.24, 2.45) is 5.41 Å². The molecule has 1 aliphatic carbocycles. The summed E-state index contributed by atoms with van der Waals surface area (Å²) in [6, 6.07) is 17.2. The lowest BCUT2D eigenvalue weighted by Crippen LogP contribution is -2.26. The van der Waals surface area contributed by atoms with Crippen molar-refractivity contribution in [3.8, 4) is 17.5 Å². The van der Waals surface area contributed by atoms with Crippen molar-refractivity contribution in [3.63, 3.8) is 0 Å². The number of aliphatic hydroxyl groups excluding tert-OH is 1. The van der Waals surface area contributed by atoms with Gasteiger partial charge in [-0.1, -0.05) is 48.4 Å². The molecule has 0 atom stereocenters. The second kappa shape index (κ2) is 8.15. The third-order valence-electron chi connectivity index (χ3n) is 6.14. The summed E-state index contributed by atoms with van der Waals surface area (Å²) >= 11 is 0. The van der Waals surface area contributed by atoms with Crippen LogP contribution < -0.4 is 5.56 Å². The number of carbonyl (C=O) groups is 1. The van der Waals surface area contributed by atoms with E-state index in [-0.39, 0.29) is 18.1 Å². The maximum absolute atomic E-state index is 13.6. The topological polar surface area (TPSA) is 90.0 Å². The molecule has 0 unspecified atom stereocenters. The van der Waals surface area contributed by atoms with Gasteiger partial charge in [-0.15, -0.1) is 5.10 Å². The van der Waals surface area contributed by atoms with E-state index in [9.17, 15) is 14.7 Å². The largest absolute Gasteiger partial charge is 0.395 e. The molecule has 7 heteroatoms. The molecule has 1 saturated carbocycles. The van der Waals surface area contributed by atoms with E-state index in [1.54, 1.807) is 10.6 Å². The molecule has 0 spiro atoms. The van der Waals surface area contributed by atoms with E-state index in [1.165, 1.54) is 6.20 Å². The van der Waals surface area contributed by atoms with Crippen LogP contribution in [-0.4, -0.2) is 37.2 Å². The Balaban J connectivity index is 1.58. The van der Waals surface area contributed by atoms with Gasteiger partial charge in [-0.05, 0) is 54.8 Å². The van der Waals surface area contributed by atoms with Gasteiger partial charge in [-0.25, -0.2) is 0 Å². The van der Waals surface area contributed by atoms with Crippen molar-refractivity contribution >= 4 is 16.7 Å². The lowest BCUT2D eigenvalue weighted by atomic mass is 10.0. The van der Waals surface area contributed by atoms with Crippen LogP contribution >= 0.6 is 0 Å². The molecule has 7 nitrogen and oxygen atoms in total. The maximum atomic E-state index is 13.6. The number of benzene rings is 2. The maximum Gasteiger partial charge on any atom is 0.264 e. The van der Waals surface area contributed by atoms with E-state index in [4.69, 9.17) is 0 Å². The molecule has 2 aromatic carbocycles. The minimum absolute atomic E-state index is 0.127. The second-order valence-electron chi connectivity index (χ2n) is 8.28. The summed E-state index contributed by atoms with van der Waals surface area (Å²) in [5.74, 6) is 5.70. The first-order valence-corrected chi connectivity index (χ1v) is 10.9. The first kappa shape index (κ1) is 20.9. The molecule has 1 fully saturated rings. The summed E-state index contributed by atoms with van der Waals surface area (Å²) in [7, 11) is 0. The minimum atomic E-state index is -0.729. The van der Waals surface area contributed by atoms with E-state index < -0.39 is 5.41 Å². The van der Waals surface area contributed by atoms with E-state index in [0.717, 1.165) is 21.4 Å². The quantitative estimate of drug-likeness (QED) is 0.495. The number of aliphatic hydroxyl groups is 1. The molecule has 2 aromatic heterocycles. The average molecular weight is 438 g/mol. The summed E-state index contributed by atoms with van der Waals surface area (Å²) in [4.78, 5) is 26.1. The Labute approximate surface area is 190 Å². The van der Waals surface area contributed by atoms with Gasteiger partial charge in [0.2, 0.25) is 0 Å². The van der Waals surface area contributed by atoms with Crippen LogP contribution in [0.3, 0.4) is 0 Å². The van der Waals surface area contributed by atoms with Crippen LogP contribution in [0.1, 0.15) is 41.5 Å². The number of para-hydroxylation sites is 1. The van der Waals surface area contributed by atoms with E-state index >= 15 is 0 Å². The van der Waals surface area contributed by atoms with Crippen LogP contribution in [0.4, 0.5) is 0 Å². The molecule has 0 bridgehead atoms. The van der Waals surface area contributed by atoms with E-state index in [0.29, 0.717) is 35.9 Å². The van der Waals surface area contributed by atoms with Crippen molar-refractivity contribution in [2.75, 3.05) is 6.61 Å². The molecule has 5 rings (SSSR count). The molecule has 4 aromatic rings. The van der Waals surface area contributed by atoms with Gasteiger partial charge >= 0.3 is 0 Å². The Kier molecular flexibility index (Phi) is 5.15. The van der Waals surface area contributed by atoms with Crippen molar-refractivity contribution in [2.45, 2.75) is 26.2 Å². The fourth-order valence-corrected chi connectivity index (χ4v) is 4.03. The third kappa shape index (κ3) is 3.65. The normalized spacial score (nSPS) is 14.0. The molecule has 0 aliphatic heterocycles. The second-order valence-corrected chi connectivity index (χ2v) is 8.28. The lowest BCUT2D eigenvalue weighted by molar-refractivity contribution is 0.0719. The van der Waals surface area contributed by atoms with Gasteiger partial charge in [-0.3, -0.25) is 14.2 Å². The monoisotopic (exact) mass is 438 g/mol. The number of nitrogens with zero attached hydrogens (tertiary/aromatic N) is 4. The molecule has 2 heterocycles. The zero-order valence-electron chi connectivity index (χ0n) is 18.2. The number of hydrogen-bond donors (Lipinski definition) is 1. The van der Waals surface area contributed by atoms with Gasteiger partial charge in [0, 0.05) is 16.9 Å². The van der Waals surface area contributed by atoms with Gasteiger partial charge in [0.05, 0.1) is 23.6 Å². The number of hydrogen-bond acceptors (Lipinski definition) is 5. The summed E-state index contributed by atoms with van der Waals surface area (Å²) in [5, 5.41) is 18.7. The van der Waals surface area contributed by atoms with Crippen LogP contribution in [0.2, 0.25) is 0 Å². The Bertz CT molecular complexity index is 1480. The molecule has 164 valence electrons. The number of aryl methyl sites for hydroxylation is 1. The van der Waals surface area contributed by atoms with Crippen LogP contribution in [0, 0.1) is 17.3 Å². The molecular formula is C26H22N4O3. The molecule has 1 aliphatic rings. The third-order valence-corrected chi connectivity index (χ3v) is 6.14. The number of rotatable bonds is 4. The SMILES string of the molecule is CCc1cc2cccc(C#Cc3cn(C(=O)C4(CO)CC4)nn3)c2c(=O)n1-c1ccccc1. The Morgan fingerprint density at radius 2 is 1.91 bits per heavy atom. The van der Waals surface area contributed by atoms with E-state index in [2.05, 4.69) is 22.2 Å². The number of fused-ring (bicyclic) bond motifs is 1. The van der Waals surface area contributed by atoms with Gasteiger partial charge in [-0.2, -0.15) is 4.68 Å². The number of aromatic nitrogens is 4. The van der Waals surface area contributed by atoms with Gasteiger partial charge < -0.3 is 5.11 Å². The van der Waals surface area contributed by atoms with Gasteiger partial charge in [0.15, 0.2) is 5.69 Å². The van der Waals surface area contributed by atoms with Crippen LogP contribution in [0.15, 0.2) is 65.6 Å². The molecule has 0 amide bonds. The standard InChI is InChI=1S/C26H22N4O3/c1-2-21-15-19-8-6-7-18(23(19)24(32)30(21)22-9-4-3-5-10-22)11-12-20-16-29(28-27-20)25(33)26(17-31)13-14-26/h3-10,15-16,31H,2,13-14,17H2,1H3. The van der Waals surface area contributed by atoms with Crippen LogP contribution in [0.25, 0.3) is 16.5 Å². The smallest absolute Gasteiger partial charge is 0.264 e. The first-order valence-electron chi connectivity index (χ1n) is 10.9. The van der Waals surface area contributed by atoms with Crippen molar-refractivity contribution in [1.82, 2.24) is 19.6 Å². The molecule has 1 N–H and O–H groups in total. The van der Waals surface area contributed by atoms with Crippen molar-refractivity contribution in [1.29, 1.82) is 0 Å². The summed E-state index contributed by atoms with van der Waals surface area (Å²) in [5.41, 5.74) is 1.78. The number of pyridine rings is 1. The average Bonchev–Trinajstić information content (AvgIpc) is 3.52. The molecule has 0 saturated heterocycles. The highest BCUT2D eigenvalue weighted by Crippen LogP contribution is 2.46. The highest BCUT2D eigenvalue weighted by atomic mass is 16.3. The van der Waals surface area contributed by atoms with Crippen LogP contribution in [0.5, 0.6) is 0 Å². The predicted octanol–water partition coefficient (Wildman–Crippen LogP) is 2.96. The molecule has 0 radical (unpaired) electrons. The number of carbonyl (C=O) groups excluding carboxylic acids is 1. The fraction of sp³-hybridized carbons (Fsp3) is 0.231. The Morgan fingerprint density at radius 1 is 1.12 bits per heavy atom. The summed E-state index contributed by atoms with van der Waals surface area (Å²) in [6.07, 6.45) is 3.47. The lowest BCUT2D eigenvalue weighted by Gasteiger charge is -2.14. The molecular weight excluding hydrogens is 416 g/mol. The fourth-order valence-electron chi connectivity index (χ4n) is 4.03. The zero-order valence-corrected chi connectivity index (χ0v) is 18.2. The predicted molar refractivity (Wildman–Crippen MR) is 124 cm³/mol. The van der Waals surface area contributed by atoms with Gasteiger partial charge in [0.1, 0.15) is 0 Å². The Hall–Kier alpha value is -4.02. The summed E-state index contributed by atoms with van der Waals surface area (Å²) in [6.45, 7) is 1.83. The van der Waals surface area contributed by atoms with Crippen molar-refractivity contribution < 1.29 is 9.90 Å².